The van der Waals surface area contributed by atoms with E-state index in [-0.39, 0.29) is 5.41 Å². The zero-order valence-electron chi connectivity index (χ0n) is 9.88. The number of piperidine rings is 1. The summed E-state index contributed by atoms with van der Waals surface area (Å²) in [6.07, 6.45) is 4.69. The molecule has 1 N–H and O–H groups in total. The minimum absolute atomic E-state index is 0.200. The molecule has 1 rings (SSSR count). The second-order valence-corrected chi connectivity index (χ2v) is 4.94. The van der Waals surface area contributed by atoms with Crippen LogP contribution in [0.2, 0.25) is 0 Å². The summed E-state index contributed by atoms with van der Waals surface area (Å²) in [6.45, 7) is 6.87. The average molecular weight is 210 g/mol. The van der Waals surface area contributed by atoms with Crippen LogP contribution in [0.5, 0.6) is 0 Å². The SMILES string of the molecule is CC(C)(C#N)CCCOC1CCCNC1. The van der Waals surface area contributed by atoms with Gasteiger partial charge in [0, 0.05) is 13.2 Å². The molecule has 3 heteroatoms. The van der Waals surface area contributed by atoms with Gasteiger partial charge in [0.2, 0.25) is 0 Å². The summed E-state index contributed by atoms with van der Waals surface area (Å²) in [5.74, 6) is 0. The molecule has 0 aromatic heterocycles. The zero-order chi connectivity index (χ0) is 11.1. The van der Waals surface area contributed by atoms with Gasteiger partial charge < -0.3 is 10.1 Å². The van der Waals surface area contributed by atoms with Gasteiger partial charge in [-0.05, 0) is 46.1 Å². The van der Waals surface area contributed by atoms with Crippen molar-refractivity contribution in [3.63, 3.8) is 0 Å². The normalized spacial score (nSPS) is 22.3. The summed E-state index contributed by atoms with van der Waals surface area (Å²) < 4.78 is 5.75. The van der Waals surface area contributed by atoms with Gasteiger partial charge in [0.05, 0.1) is 17.6 Å². The molecule has 1 saturated heterocycles. The zero-order valence-corrected chi connectivity index (χ0v) is 9.88. The molecule has 15 heavy (non-hydrogen) atoms. The highest BCUT2D eigenvalue weighted by atomic mass is 16.5. The Balaban J connectivity index is 2.04. The van der Waals surface area contributed by atoms with Crippen LogP contribution in [0, 0.1) is 16.7 Å². The van der Waals surface area contributed by atoms with Gasteiger partial charge in [-0.15, -0.1) is 0 Å². The molecule has 0 aromatic carbocycles. The van der Waals surface area contributed by atoms with Crippen molar-refractivity contribution in [2.75, 3.05) is 19.7 Å². The fraction of sp³-hybridized carbons (Fsp3) is 0.917. The third-order valence-corrected chi connectivity index (χ3v) is 2.85. The number of ether oxygens (including phenoxy) is 1. The van der Waals surface area contributed by atoms with Crippen molar-refractivity contribution >= 4 is 0 Å². The van der Waals surface area contributed by atoms with Crippen LogP contribution in [-0.4, -0.2) is 25.8 Å². The molecule has 1 fully saturated rings. The van der Waals surface area contributed by atoms with Gasteiger partial charge >= 0.3 is 0 Å². The van der Waals surface area contributed by atoms with Gasteiger partial charge in [-0.1, -0.05) is 0 Å². The Hall–Kier alpha value is -0.590. The molecule has 1 atom stereocenters. The van der Waals surface area contributed by atoms with Crippen molar-refractivity contribution < 1.29 is 4.74 Å². The highest BCUT2D eigenvalue weighted by Gasteiger charge is 2.17. The summed E-state index contributed by atoms with van der Waals surface area (Å²) in [7, 11) is 0. The number of nitriles is 1. The van der Waals surface area contributed by atoms with Gasteiger partial charge in [-0.2, -0.15) is 5.26 Å². The van der Waals surface area contributed by atoms with E-state index in [1.54, 1.807) is 0 Å². The Morgan fingerprint density at radius 2 is 2.33 bits per heavy atom. The lowest BCUT2D eigenvalue weighted by molar-refractivity contribution is 0.0326. The summed E-state index contributed by atoms with van der Waals surface area (Å²) >= 11 is 0. The van der Waals surface area contributed by atoms with Crippen molar-refractivity contribution in [1.29, 1.82) is 5.26 Å². The summed E-state index contributed by atoms with van der Waals surface area (Å²) in [6, 6.07) is 2.31. The summed E-state index contributed by atoms with van der Waals surface area (Å²) in [4.78, 5) is 0. The first-order valence-corrected chi connectivity index (χ1v) is 5.88. The van der Waals surface area contributed by atoms with Crippen LogP contribution in [0.15, 0.2) is 0 Å². The first-order valence-electron chi connectivity index (χ1n) is 5.88. The molecule has 0 bridgehead atoms. The lowest BCUT2D eigenvalue weighted by atomic mass is 9.90. The molecule has 1 heterocycles. The van der Waals surface area contributed by atoms with E-state index in [9.17, 15) is 0 Å². The van der Waals surface area contributed by atoms with E-state index in [0.29, 0.717) is 6.10 Å². The van der Waals surface area contributed by atoms with E-state index in [0.717, 1.165) is 32.5 Å². The predicted octanol–water partition coefficient (Wildman–Crippen LogP) is 2.08. The maximum absolute atomic E-state index is 8.84. The highest BCUT2D eigenvalue weighted by Crippen LogP contribution is 2.20. The van der Waals surface area contributed by atoms with E-state index >= 15 is 0 Å². The van der Waals surface area contributed by atoms with Crippen molar-refractivity contribution in [3.8, 4) is 6.07 Å². The smallest absolute Gasteiger partial charge is 0.0699 e. The van der Waals surface area contributed by atoms with E-state index in [4.69, 9.17) is 10.00 Å². The third kappa shape index (κ3) is 5.15. The minimum Gasteiger partial charge on any atom is -0.377 e. The van der Waals surface area contributed by atoms with E-state index in [1.807, 2.05) is 13.8 Å². The standard InChI is InChI=1S/C12H22N2O/c1-12(2,10-13)6-4-8-15-11-5-3-7-14-9-11/h11,14H,3-9H2,1-2H3. The Kier molecular flexibility index (Phi) is 5.07. The molecule has 0 aromatic rings. The first-order chi connectivity index (χ1) is 7.14. The Labute approximate surface area is 92.8 Å². The highest BCUT2D eigenvalue weighted by molar-refractivity contribution is 4.91. The number of nitrogens with one attached hydrogen (secondary N) is 1. The maximum atomic E-state index is 8.84. The molecular formula is C12H22N2O. The molecule has 0 saturated carbocycles. The average Bonchev–Trinajstić information content (AvgIpc) is 2.26. The Morgan fingerprint density at radius 3 is 2.93 bits per heavy atom. The van der Waals surface area contributed by atoms with Gasteiger partial charge in [0.25, 0.3) is 0 Å². The maximum Gasteiger partial charge on any atom is 0.0699 e. The lowest BCUT2D eigenvalue weighted by Gasteiger charge is -2.23. The van der Waals surface area contributed by atoms with Crippen LogP contribution < -0.4 is 5.32 Å². The van der Waals surface area contributed by atoms with Crippen LogP contribution in [0.25, 0.3) is 0 Å². The van der Waals surface area contributed by atoms with Crippen LogP contribution in [-0.2, 0) is 4.74 Å². The minimum atomic E-state index is -0.200. The van der Waals surface area contributed by atoms with Crippen molar-refractivity contribution in [2.24, 2.45) is 5.41 Å². The topological polar surface area (TPSA) is 45.0 Å². The van der Waals surface area contributed by atoms with Crippen molar-refractivity contribution in [2.45, 2.75) is 45.6 Å². The van der Waals surface area contributed by atoms with Crippen LogP contribution in [0.1, 0.15) is 39.5 Å². The second kappa shape index (κ2) is 6.09. The Bertz CT molecular complexity index is 214. The van der Waals surface area contributed by atoms with E-state index < -0.39 is 0 Å². The number of hydrogen-bond donors (Lipinski definition) is 1. The fourth-order valence-corrected chi connectivity index (χ4v) is 1.78. The van der Waals surface area contributed by atoms with Gasteiger partial charge in [0.1, 0.15) is 0 Å². The van der Waals surface area contributed by atoms with Crippen molar-refractivity contribution in [3.05, 3.63) is 0 Å². The number of nitrogens with zero attached hydrogens (tertiary/aromatic N) is 1. The van der Waals surface area contributed by atoms with Gasteiger partial charge in [0.15, 0.2) is 0 Å². The third-order valence-electron chi connectivity index (χ3n) is 2.85. The molecule has 1 aliphatic rings. The number of rotatable bonds is 5. The largest absolute Gasteiger partial charge is 0.377 e. The molecular weight excluding hydrogens is 188 g/mol. The predicted molar refractivity (Wildman–Crippen MR) is 60.5 cm³/mol. The quantitative estimate of drug-likeness (QED) is 0.707. The fourth-order valence-electron chi connectivity index (χ4n) is 1.78. The van der Waals surface area contributed by atoms with Crippen LogP contribution >= 0.6 is 0 Å². The lowest BCUT2D eigenvalue weighted by Crippen LogP contribution is -2.35. The molecule has 0 amide bonds. The molecule has 1 aliphatic heterocycles. The molecule has 86 valence electrons. The molecule has 0 radical (unpaired) electrons. The number of hydrogen-bond acceptors (Lipinski definition) is 3. The van der Waals surface area contributed by atoms with E-state index in [1.165, 1.54) is 12.8 Å². The van der Waals surface area contributed by atoms with Crippen LogP contribution in [0.3, 0.4) is 0 Å². The monoisotopic (exact) mass is 210 g/mol. The van der Waals surface area contributed by atoms with Crippen LogP contribution in [0.4, 0.5) is 0 Å². The van der Waals surface area contributed by atoms with Gasteiger partial charge in [-0.3, -0.25) is 0 Å². The molecule has 0 spiro atoms. The Morgan fingerprint density at radius 1 is 1.53 bits per heavy atom. The molecule has 3 nitrogen and oxygen atoms in total. The van der Waals surface area contributed by atoms with E-state index in [2.05, 4.69) is 11.4 Å². The second-order valence-electron chi connectivity index (χ2n) is 4.94. The van der Waals surface area contributed by atoms with Crippen molar-refractivity contribution in [1.82, 2.24) is 5.32 Å². The molecule has 0 aliphatic carbocycles. The summed E-state index contributed by atoms with van der Waals surface area (Å²) in [5, 5.41) is 12.2. The first kappa shape index (κ1) is 12.5. The molecule has 1 unspecified atom stereocenters. The van der Waals surface area contributed by atoms with Gasteiger partial charge in [-0.25, -0.2) is 0 Å². The summed E-state index contributed by atoms with van der Waals surface area (Å²) in [5.41, 5.74) is -0.200.